The molecule has 0 aromatic heterocycles. The smallest absolute Gasteiger partial charge is 0.251 e. The van der Waals surface area contributed by atoms with Crippen molar-refractivity contribution in [3.8, 4) is 0 Å². The van der Waals surface area contributed by atoms with Crippen LogP contribution in [0.5, 0.6) is 0 Å². The van der Waals surface area contributed by atoms with Crippen molar-refractivity contribution in [3.05, 3.63) is 35.9 Å². The minimum Gasteiger partial charge on any atom is -0.343 e. The molecule has 80 valence electrons. The third-order valence-electron chi connectivity index (χ3n) is 2.22. The van der Waals surface area contributed by atoms with Gasteiger partial charge in [-0.2, -0.15) is 0 Å². The Balaban J connectivity index is 2.61. The topological polar surface area (TPSA) is 46.2 Å². The molecule has 0 aliphatic carbocycles. The van der Waals surface area contributed by atoms with Gasteiger partial charge in [0.15, 0.2) is 5.78 Å². The van der Waals surface area contributed by atoms with Crippen LogP contribution in [-0.2, 0) is 4.79 Å². The summed E-state index contributed by atoms with van der Waals surface area (Å²) in [6.07, 6.45) is 0.441. The standard InChI is InChI=1S/C12H15NO2/c1-3-11(14)9(2)13-12(15)10-7-5-4-6-8-10/h4-9H,3H2,1-2H3,(H,13,15). The molecule has 0 aliphatic heterocycles. The van der Waals surface area contributed by atoms with Gasteiger partial charge in [-0.3, -0.25) is 9.59 Å². The average Bonchev–Trinajstić information content (AvgIpc) is 2.29. The van der Waals surface area contributed by atoms with Gasteiger partial charge in [-0.1, -0.05) is 25.1 Å². The third-order valence-corrected chi connectivity index (χ3v) is 2.22. The summed E-state index contributed by atoms with van der Waals surface area (Å²) in [7, 11) is 0. The van der Waals surface area contributed by atoms with Crippen molar-refractivity contribution in [2.24, 2.45) is 0 Å². The molecule has 15 heavy (non-hydrogen) atoms. The van der Waals surface area contributed by atoms with Gasteiger partial charge in [-0.25, -0.2) is 0 Å². The molecule has 3 heteroatoms. The Morgan fingerprint density at radius 2 is 1.87 bits per heavy atom. The molecule has 0 fully saturated rings. The summed E-state index contributed by atoms with van der Waals surface area (Å²) in [6.45, 7) is 3.49. The zero-order valence-electron chi connectivity index (χ0n) is 8.99. The number of carbonyl (C=O) groups excluding carboxylic acids is 2. The number of hydrogen-bond donors (Lipinski definition) is 1. The first-order valence-electron chi connectivity index (χ1n) is 5.03. The molecular formula is C12H15NO2. The van der Waals surface area contributed by atoms with E-state index in [0.29, 0.717) is 12.0 Å². The molecule has 1 amide bonds. The fourth-order valence-electron chi connectivity index (χ4n) is 1.26. The summed E-state index contributed by atoms with van der Waals surface area (Å²) in [6, 6.07) is 8.46. The van der Waals surface area contributed by atoms with Gasteiger partial charge in [-0.15, -0.1) is 0 Å². The molecule has 1 rings (SSSR count). The van der Waals surface area contributed by atoms with E-state index in [2.05, 4.69) is 5.32 Å². The second kappa shape index (κ2) is 5.29. The minimum atomic E-state index is -0.414. The monoisotopic (exact) mass is 205 g/mol. The Kier molecular flexibility index (Phi) is 4.03. The lowest BCUT2D eigenvalue weighted by molar-refractivity contribution is -0.120. The van der Waals surface area contributed by atoms with Crippen molar-refractivity contribution in [1.29, 1.82) is 0 Å². The van der Waals surface area contributed by atoms with Crippen LogP contribution in [0.25, 0.3) is 0 Å². The van der Waals surface area contributed by atoms with Crippen molar-refractivity contribution >= 4 is 11.7 Å². The van der Waals surface area contributed by atoms with Gasteiger partial charge in [0.1, 0.15) is 0 Å². The number of ketones is 1. The van der Waals surface area contributed by atoms with E-state index in [0.717, 1.165) is 0 Å². The van der Waals surface area contributed by atoms with Crippen LogP contribution in [0.15, 0.2) is 30.3 Å². The SMILES string of the molecule is CCC(=O)C(C)NC(=O)c1ccccc1. The molecule has 1 unspecified atom stereocenters. The van der Waals surface area contributed by atoms with E-state index >= 15 is 0 Å². The number of rotatable bonds is 4. The molecule has 1 N–H and O–H groups in total. The van der Waals surface area contributed by atoms with E-state index in [4.69, 9.17) is 0 Å². The highest BCUT2D eigenvalue weighted by Gasteiger charge is 2.14. The van der Waals surface area contributed by atoms with E-state index in [9.17, 15) is 9.59 Å². The van der Waals surface area contributed by atoms with Gasteiger partial charge >= 0.3 is 0 Å². The van der Waals surface area contributed by atoms with Crippen molar-refractivity contribution in [3.63, 3.8) is 0 Å². The maximum Gasteiger partial charge on any atom is 0.251 e. The highest BCUT2D eigenvalue weighted by Crippen LogP contribution is 1.99. The van der Waals surface area contributed by atoms with Gasteiger partial charge in [0.25, 0.3) is 5.91 Å². The lowest BCUT2D eigenvalue weighted by atomic mass is 10.1. The van der Waals surface area contributed by atoms with E-state index in [1.54, 1.807) is 38.1 Å². The Bertz CT molecular complexity index is 346. The van der Waals surface area contributed by atoms with Crippen LogP contribution in [0, 0.1) is 0 Å². The summed E-state index contributed by atoms with van der Waals surface area (Å²) < 4.78 is 0. The molecule has 1 aromatic carbocycles. The normalized spacial score (nSPS) is 11.9. The van der Waals surface area contributed by atoms with Crippen molar-refractivity contribution < 1.29 is 9.59 Å². The van der Waals surface area contributed by atoms with Gasteiger partial charge in [-0.05, 0) is 19.1 Å². The lowest BCUT2D eigenvalue weighted by Gasteiger charge is -2.11. The molecule has 0 aliphatic rings. The number of amides is 1. The second-order valence-corrected chi connectivity index (χ2v) is 3.38. The molecule has 0 spiro atoms. The highest BCUT2D eigenvalue weighted by atomic mass is 16.2. The number of Topliss-reactive ketones (excluding diaryl/α,β-unsaturated/α-hetero) is 1. The molecule has 0 radical (unpaired) electrons. The zero-order valence-corrected chi connectivity index (χ0v) is 8.99. The van der Waals surface area contributed by atoms with Crippen LogP contribution in [-0.4, -0.2) is 17.7 Å². The van der Waals surface area contributed by atoms with Crippen molar-refractivity contribution in [2.45, 2.75) is 26.3 Å². The van der Waals surface area contributed by atoms with E-state index < -0.39 is 6.04 Å². The maximum absolute atomic E-state index is 11.6. The fourth-order valence-corrected chi connectivity index (χ4v) is 1.26. The summed E-state index contributed by atoms with van der Waals surface area (Å²) in [5.74, 6) is -0.163. The molecule has 1 atom stereocenters. The summed E-state index contributed by atoms with van der Waals surface area (Å²) in [5, 5.41) is 2.66. The number of benzene rings is 1. The van der Waals surface area contributed by atoms with Gasteiger partial charge in [0.2, 0.25) is 0 Å². The van der Waals surface area contributed by atoms with Crippen LogP contribution in [0.1, 0.15) is 30.6 Å². The highest BCUT2D eigenvalue weighted by molar-refractivity contribution is 5.97. The zero-order chi connectivity index (χ0) is 11.3. The van der Waals surface area contributed by atoms with Crippen molar-refractivity contribution in [1.82, 2.24) is 5.32 Å². The van der Waals surface area contributed by atoms with E-state index in [1.807, 2.05) is 6.07 Å². The summed E-state index contributed by atoms with van der Waals surface area (Å²) >= 11 is 0. The van der Waals surface area contributed by atoms with Crippen LogP contribution in [0.2, 0.25) is 0 Å². The van der Waals surface area contributed by atoms with Crippen LogP contribution < -0.4 is 5.32 Å². The van der Waals surface area contributed by atoms with Gasteiger partial charge in [0.05, 0.1) is 6.04 Å². The first-order chi connectivity index (χ1) is 7.15. The maximum atomic E-state index is 11.6. The first-order valence-corrected chi connectivity index (χ1v) is 5.03. The molecule has 3 nitrogen and oxygen atoms in total. The lowest BCUT2D eigenvalue weighted by Crippen LogP contribution is -2.38. The molecule has 0 saturated heterocycles. The van der Waals surface area contributed by atoms with Crippen LogP contribution in [0.3, 0.4) is 0 Å². The number of carbonyl (C=O) groups is 2. The third kappa shape index (κ3) is 3.20. The summed E-state index contributed by atoms with van der Waals surface area (Å²) in [5.41, 5.74) is 0.577. The fraction of sp³-hybridized carbons (Fsp3) is 0.333. The second-order valence-electron chi connectivity index (χ2n) is 3.38. The molecular weight excluding hydrogens is 190 g/mol. The molecule has 0 heterocycles. The predicted molar refractivity (Wildman–Crippen MR) is 58.7 cm³/mol. The average molecular weight is 205 g/mol. The van der Waals surface area contributed by atoms with Crippen LogP contribution >= 0.6 is 0 Å². The van der Waals surface area contributed by atoms with Gasteiger partial charge < -0.3 is 5.32 Å². The quantitative estimate of drug-likeness (QED) is 0.814. The van der Waals surface area contributed by atoms with E-state index in [-0.39, 0.29) is 11.7 Å². The Hall–Kier alpha value is -1.64. The van der Waals surface area contributed by atoms with Crippen LogP contribution in [0.4, 0.5) is 0 Å². The van der Waals surface area contributed by atoms with E-state index in [1.165, 1.54) is 0 Å². The first kappa shape index (κ1) is 11.4. The molecule has 1 aromatic rings. The Morgan fingerprint density at radius 1 is 1.27 bits per heavy atom. The number of nitrogens with one attached hydrogen (secondary N) is 1. The summed E-state index contributed by atoms with van der Waals surface area (Å²) in [4.78, 5) is 22.9. The predicted octanol–water partition coefficient (Wildman–Crippen LogP) is 1.78. The number of hydrogen-bond acceptors (Lipinski definition) is 2. The Labute approximate surface area is 89.5 Å². The minimum absolute atomic E-state index is 0.0410. The van der Waals surface area contributed by atoms with Crippen molar-refractivity contribution in [2.75, 3.05) is 0 Å². The largest absolute Gasteiger partial charge is 0.343 e. The van der Waals surface area contributed by atoms with Gasteiger partial charge in [0, 0.05) is 12.0 Å². The molecule has 0 saturated carbocycles. The Morgan fingerprint density at radius 3 is 2.40 bits per heavy atom. The molecule has 0 bridgehead atoms.